The summed E-state index contributed by atoms with van der Waals surface area (Å²) in [6.45, 7) is 6.65. The van der Waals surface area contributed by atoms with Gasteiger partial charge in [0.1, 0.15) is 11.5 Å². The van der Waals surface area contributed by atoms with Gasteiger partial charge in [-0.3, -0.25) is 19.7 Å². The summed E-state index contributed by atoms with van der Waals surface area (Å²) < 4.78 is 5.82. The second kappa shape index (κ2) is 12.6. The van der Waals surface area contributed by atoms with Gasteiger partial charge in [-0.25, -0.2) is 0 Å². The molecule has 0 bridgehead atoms. The molecule has 1 N–H and O–H groups in total. The Balaban J connectivity index is 1.12. The summed E-state index contributed by atoms with van der Waals surface area (Å²) in [7, 11) is 0. The molecule has 4 aromatic rings. The van der Waals surface area contributed by atoms with Gasteiger partial charge in [0.15, 0.2) is 0 Å². The SMILES string of the molecule is CCc1ccc(C(=O)N2CCN(c3ccc(NC(=O)/C=C/c4ccc(-c5ccc([N+](=O)[O-])cc5C)o4)cc3)CC2)cc1. The molecule has 0 unspecified atom stereocenters. The third-order valence-corrected chi connectivity index (χ3v) is 7.39. The first-order valence-electron chi connectivity index (χ1n) is 13.9. The molecule has 42 heavy (non-hydrogen) atoms. The van der Waals surface area contributed by atoms with Crippen LogP contribution in [-0.4, -0.2) is 47.8 Å². The van der Waals surface area contributed by atoms with Crippen molar-refractivity contribution in [1.82, 2.24) is 4.90 Å². The number of rotatable bonds is 8. The average Bonchev–Trinajstić information content (AvgIpc) is 3.49. The monoisotopic (exact) mass is 564 g/mol. The molecular formula is C33H32N4O5. The Labute approximate surface area is 244 Å². The number of nitro benzene ring substituents is 1. The molecule has 2 heterocycles. The lowest BCUT2D eigenvalue weighted by atomic mass is 10.1. The van der Waals surface area contributed by atoms with Gasteiger partial charge in [0.25, 0.3) is 11.6 Å². The van der Waals surface area contributed by atoms with Crippen LogP contribution in [0.1, 0.15) is 34.2 Å². The largest absolute Gasteiger partial charge is 0.457 e. The Bertz CT molecular complexity index is 1620. The smallest absolute Gasteiger partial charge is 0.269 e. The van der Waals surface area contributed by atoms with Crippen LogP contribution < -0.4 is 10.2 Å². The van der Waals surface area contributed by atoms with Crippen molar-refractivity contribution in [3.63, 3.8) is 0 Å². The van der Waals surface area contributed by atoms with Crippen LogP contribution in [0.4, 0.5) is 17.1 Å². The number of hydrogen-bond donors (Lipinski definition) is 1. The number of anilines is 2. The van der Waals surface area contributed by atoms with Crippen molar-refractivity contribution in [3.05, 3.63) is 118 Å². The minimum atomic E-state index is -0.433. The van der Waals surface area contributed by atoms with Crippen molar-refractivity contribution in [2.45, 2.75) is 20.3 Å². The molecule has 3 aromatic carbocycles. The van der Waals surface area contributed by atoms with E-state index >= 15 is 0 Å². The lowest BCUT2D eigenvalue weighted by Gasteiger charge is -2.36. The van der Waals surface area contributed by atoms with Crippen molar-refractivity contribution in [2.24, 2.45) is 0 Å². The molecule has 9 nitrogen and oxygen atoms in total. The van der Waals surface area contributed by atoms with E-state index < -0.39 is 4.92 Å². The summed E-state index contributed by atoms with van der Waals surface area (Å²) in [5.41, 5.74) is 5.14. The van der Waals surface area contributed by atoms with Crippen LogP contribution in [0.5, 0.6) is 0 Å². The maximum atomic E-state index is 12.9. The van der Waals surface area contributed by atoms with Gasteiger partial charge < -0.3 is 19.5 Å². The number of non-ortho nitro benzene ring substituents is 1. The molecule has 0 radical (unpaired) electrons. The van der Waals surface area contributed by atoms with E-state index in [0.717, 1.165) is 41.9 Å². The molecule has 1 aliphatic heterocycles. The minimum Gasteiger partial charge on any atom is -0.457 e. The van der Waals surface area contributed by atoms with Gasteiger partial charge in [-0.05, 0) is 85.1 Å². The van der Waals surface area contributed by atoms with Crippen molar-refractivity contribution in [2.75, 3.05) is 36.4 Å². The lowest BCUT2D eigenvalue weighted by molar-refractivity contribution is -0.384. The maximum Gasteiger partial charge on any atom is 0.269 e. The van der Waals surface area contributed by atoms with E-state index in [2.05, 4.69) is 17.1 Å². The number of amides is 2. The van der Waals surface area contributed by atoms with E-state index in [0.29, 0.717) is 30.3 Å². The van der Waals surface area contributed by atoms with E-state index in [1.165, 1.54) is 23.8 Å². The topological polar surface area (TPSA) is 109 Å². The number of piperazine rings is 1. The number of carbonyl (C=O) groups is 2. The Morgan fingerprint density at radius 2 is 1.67 bits per heavy atom. The molecule has 1 aromatic heterocycles. The van der Waals surface area contributed by atoms with Crippen LogP contribution in [0.25, 0.3) is 17.4 Å². The van der Waals surface area contributed by atoms with Crippen LogP contribution >= 0.6 is 0 Å². The normalized spacial score (nSPS) is 13.4. The van der Waals surface area contributed by atoms with Crippen molar-refractivity contribution in [3.8, 4) is 11.3 Å². The first-order chi connectivity index (χ1) is 20.3. The second-order valence-electron chi connectivity index (χ2n) is 10.2. The number of benzene rings is 3. The zero-order valence-electron chi connectivity index (χ0n) is 23.6. The molecule has 2 amide bonds. The summed E-state index contributed by atoms with van der Waals surface area (Å²) in [6.07, 6.45) is 3.92. The Kier molecular flexibility index (Phi) is 8.47. The molecule has 0 spiro atoms. The predicted molar refractivity (Wildman–Crippen MR) is 164 cm³/mol. The van der Waals surface area contributed by atoms with Crippen LogP contribution in [0.15, 0.2) is 89.4 Å². The highest BCUT2D eigenvalue weighted by Crippen LogP contribution is 2.29. The van der Waals surface area contributed by atoms with Crippen LogP contribution in [0.3, 0.4) is 0 Å². The zero-order chi connectivity index (χ0) is 29.6. The van der Waals surface area contributed by atoms with E-state index in [1.54, 1.807) is 31.2 Å². The Morgan fingerprint density at radius 1 is 0.952 bits per heavy atom. The molecule has 9 heteroatoms. The number of nitrogens with one attached hydrogen (secondary N) is 1. The molecule has 1 fully saturated rings. The lowest BCUT2D eigenvalue weighted by Crippen LogP contribution is -2.48. The Morgan fingerprint density at radius 3 is 2.31 bits per heavy atom. The third-order valence-electron chi connectivity index (χ3n) is 7.39. The molecular weight excluding hydrogens is 532 g/mol. The maximum absolute atomic E-state index is 12.9. The van der Waals surface area contributed by atoms with Gasteiger partial charge in [-0.2, -0.15) is 0 Å². The summed E-state index contributed by atoms with van der Waals surface area (Å²) in [5, 5.41) is 13.8. The van der Waals surface area contributed by atoms with E-state index in [-0.39, 0.29) is 17.5 Å². The minimum absolute atomic E-state index is 0.0240. The molecule has 214 valence electrons. The van der Waals surface area contributed by atoms with Crippen molar-refractivity contribution in [1.29, 1.82) is 0 Å². The highest BCUT2D eigenvalue weighted by Gasteiger charge is 2.22. The van der Waals surface area contributed by atoms with Gasteiger partial charge >= 0.3 is 0 Å². The summed E-state index contributed by atoms with van der Waals surface area (Å²) >= 11 is 0. The van der Waals surface area contributed by atoms with Gasteiger partial charge in [0.05, 0.1) is 4.92 Å². The quantitative estimate of drug-likeness (QED) is 0.152. The number of nitrogens with zero attached hydrogens (tertiary/aromatic N) is 3. The van der Waals surface area contributed by atoms with Crippen LogP contribution in [0.2, 0.25) is 0 Å². The number of nitro groups is 1. The molecule has 0 atom stereocenters. The average molecular weight is 565 g/mol. The standard InChI is InChI=1S/C33H32N4O5/c1-3-24-4-6-25(7-5-24)33(39)36-20-18-35(19-21-36)27-10-8-26(9-11-27)34-32(38)17-14-29-13-16-31(42-29)30-15-12-28(37(40)41)22-23(30)2/h4-17,22H,3,18-21H2,1-2H3,(H,34,38)/b17-14+. The van der Waals surface area contributed by atoms with Gasteiger partial charge in [0, 0.05) is 66.9 Å². The van der Waals surface area contributed by atoms with Crippen LogP contribution in [-0.2, 0) is 11.2 Å². The molecule has 1 saturated heterocycles. The molecule has 0 saturated carbocycles. The zero-order valence-corrected chi connectivity index (χ0v) is 23.6. The number of furan rings is 1. The van der Waals surface area contributed by atoms with Crippen LogP contribution in [0, 0.1) is 17.0 Å². The first kappa shape index (κ1) is 28.4. The highest BCUT2D eigenvalue weighted by atomic mass is 16.6. The van der Waals surface area contributed by atoms with Gasteiger partial charge in [-0.1, -0.05) is 19.1 Å². The fourth-order valence-corrected chi connectivity index (χ4v) is 4.96. The summed E-state index contributed by atoms with van der Waals surface area (Å²) in [4.78, 5) is 40.1. The number of carbonyl (C=O) groups excluding carboxylic acids is 2. The fourth-order valence-electron chi connectivity index (χ4n) is 4.96. The number of aryl methyl sites for hydroxylation is 2. The predicted octanol–water partition coefficient (Wildman–Crippen LogP) is 6.34. The highest BCUT2D eigenvalue weighted by molar-refractivity contribution is 6.01. The second-order valence-corrected chi connectivity index (χ2v) is 10.2. The third kappa shape index (κ3) is 6.58. The molecule has 0 aliphatic carbocycles. The Hall–Kier alpha value is -5.18. The van der Waals surface area contributed by atoms with Crippen molar-refractivity contribution >= 4 is 35.0 Å². The molecule has 1 aliphatic rings. The van der Waals surface area contributed by atoms with E-state index in [4.69, 9.17) is 4.42 Å². The summed E-state index contributed by atoms with van der Waals surface area (Å²) in [5.74, 6) is 0.819. The molecule has 5 rings (SSSR count). The van der Waals surface area contributed by atoms with E-state index in [1.807, 2.05) is 53.4 Å². The van der Waals surface area contributed by atoms with Gasteiger partial charge in [0.2, 0.25) is 5.91 Å². The number of hydrogen-bond acceptors (Lipinski definition) is 6. The van der Waals surface area contributed by atoms with E-state index in [9.17, 15) is 19.7 Å². The fraction of sp³-hybridized carbons (Fsp3) is 0.212. The first-order valence-corrected chi connectivity index (χ1v) is 13.9. The van der Waals surface area contributed by atoms with Gasteiger partial charge in [-0.15, -0.1) is 0 Å². The van der Waals surface area contributed by atoms with Crippen molar-refractivity contribution < 1.29 is 18.9 Å². The summed E-state index contributed by atoms with van der Waals surface area (Å²) in [6, 6.07) is 23.6.